The Kier molecular flexibility index (Phi) is 7.35. The Morgan fingerprint density at radius 1 is 0.719 bits per heavy atom. The molecule has 2 aromatic carbocycles. The van der Waals surface area contributed by atoms with Crippen LogP contribution in [0.1, 0.15) is 49.9 Å². The molecule has 0 aliphatic rings. The Morgan fingerprint density at radius 2 is 1.22 bits per heavy atom. The van der Waals surface area contributed by atoms with Gasteiger partial charge in [0.1, 0.15) is 5.54 Å². The highest BCUT2D eigenvalue weighted by atomic mass is 79.9. The van der Waals surface area contributed by atoms with Crippen molar-refractivity contribution >= 4 is 31.9 Å². The molecule has 4 rings (SSSR count). The van der Waals surface area contributed by atoms with Gasteiger partial charge in [0.05, 0.1) is 24.1 Å². The molecule has 4 aromatic rings. The molecule has 0 atom stereocenters. The molecule has 2 heterocycles. The largest absolute Gasteiger partial charge is 0.243 e. The summed E-state index contributed by atoms with van der Waals surface area (Å²) in [5.41, 5.74) is 4.55. The van der Waals surface area contributed by atoms with E-state index in [1.54, 1.807) is 23.4 Å². The molecule has 0 amide bonds. The minimum atomic E-state index is -0.228. The number of hydrogen-bond acceptors (Lipinski definition) is 4. The Bertz CT molecular complexity index is 1070. The summed E-state index contributed by atoms with van der Waals surface area (Å²) in [6.07, 6.45) is 7.00. The molecule has 2 aromatic heterocycles. The smallest absolute Gasteiger partial charge is 0.102 e. The lowest BCUT2D eigenvalue weighted by atomic mass is 9.91. The van der Waals surface area contributed by atoms with Crippen LogP contribution < -0.4 is 0 Å². The van der Waals surface area contributed by atoms with Crippen molar-refractivity contribution in [3.63, 3.8) is 0 Å². The number of hydrogen-bond donors (Lipinski definition) is 0. The van der Waals surface area contributed by atoms with Crippen LogP contribution in [0.5, 0.6) is 0 Å². The van der Waals surface area contributed by atoms with Gasteiger partial charge in [0.25, 0.3) is 0 Å². The van der Waals surface area contributed by atoms with E-state index in [4.69, 9.17) is 0 Å². The zero-order chi connectivity index (χ0) is 23.5. The fourth-order valence-electron chi connectivity index (χ4n) is 3.87. The molecule has 0 saturated heterocycles. The molecule has 32 heavy (non-hydrogen) atoms. The summed E-state index contributed by atoms with van der Waals surface area (Å²) < 4.78 is 4.07. The summed E-state index contributed by atoms with van der Waals surface area (Å²) in [4.78, 5) is 1.74. The first-order chi connectivity index (χ1) is 15.0. The third-order valence-electron chi connectivity index (χ3n) is 5.61. The van der Waals surface area contributed by atoms with Crippen molar-refractivity contribution in [3.05, 3.63) is 92.4 Å². The molecule has 0 spiro atoms. The van der Waals surface area contributed by atoms with Gasteiger partial charge in [-0.1, -0.05) is 49.2 Å². The van der Waals surface area contributed by atoms with Crippen LogP contribution in [-0.4, -0.2) is 30.0 Å². The zero-order valence-electron chi connectivity index (χ0n) is 19.2. The first-order valence-corrected chi connectivity index (χ1v) is 11.9. The summed E-state index contributed by atoms with van der Waals surface area (Å²) in [6, 6.07) is 12.6. The minimum Gasteiger partial charge on any atom is -0.243 e. The third kappa shape index (κ3) is 5.18. The number of nitrogens with zero attached hydrogens (tertiary/aromatic N) is 6. The van der Waals surface area contributed by atoms with Gasteiger partial charge in [0.2, 0.25) is 0 Å². The number of halogens is 2. The van der Waals surface area contributed by atoms with Crippen LogP contribution in [0.3, 0.4) is 0 Å². The Morgan fingerprint density at radius 3 is 1.66 bits per heavy atom. The van der Waals surface area contributed by atoms with E-state index in [2.05, 4.69) is 124 Å². The van der Waals surface area contributed by atoms with Crippen molar-refractivity contribution in [3.8, 4) is 0 Å². The van der Waals surface area contributed by atoms with Gasteiger partial charge in [-0.2, -0.15) is 15.0 Å². The zero-order valence-corrected chi connectivity index (χ0v) is 22.4. The van der Waals surface area contributed by atoms with Crippen LogP contribution in [0.2, 0.25) is 0 Å². The Hall–Kier alpha value is -2.32. The summed E-state index contributed by atoms with van der Waals surface area (Å²) in [7, 11) is 0. The topological polar surface area (TPSA) is 61.4 Å². The highest BCUT2D eigenvalue weighted by Crippen LogP contribution is 2.29. The molecule has 0 aliphatic heterocycles. The second-order valence-electron chi connectivity index (χ2n) is 8.70. The van der Waals surface area contributed by atoms with Crippen molar-refractivity contribution < 1.29 is 0 Å². The van der Waals surface area contributed by atoms with Crippen LogP contribution in [0, 0.1) is 13.8 Å². The fourth-order valence-corrected chi connectivity index (χ4v) is 4.82. The van der Waals surface area contributed by atoms with Crippen LogP contribution in [-0.2, 0) is 11.1 Å². The number of aromatic nitrogens is 6. The second-order valence-corrected chi connectivity index (χ2v) is 10.5. The van der Waals surface area contributed by atoms with E-state index in [-0.39, 0.29) is 11.1 Å². The third-order valence-corrected chi connectivity index (χ3v) is 6.60. The molecular weight excluding hydrogens is 532 g/mol. The Balaban J connectivity index is 0.000000181. The molecule has 8 heteroatoms. The van der Waals surface area contributed by atoms with Crippen molar-refractivity contribution in [1.29, 1.82) is 0 Å². The average Bonchev–Trinajstić information content (AvgIpc) is 3.43. The number of rotatable bonds is 4. The normalized spacial score (nSPS) is 11.8. The van der Waals surface area contributed by atoms with Gasteiger partial charge in [-0.3, -0.25) is 0 Å². The molecule has 0 bridgehead atoms. The predicted molar refractivity (Wildman–Crippen MR) is 135 cm³/mol. The van der Waals surface area contributed by atoms with Crippen molar-refractivity contribution in [2.45, 2.75) is 52.6 Å². The molecule has 0 unspecified atom stereocenters. The standard InChI is InChI=1S/2C12H14BrN3/c1-9-8-10(13)4-5-11(9)12(2,3)16-7-6-14-15-16;1-9-8-10(13)4-5-11(9)12(2,3)16-14-6-7-15-16/h2*4-8H,1-3H3. The first kappa shape index (κ1) is 24.3. The summed E-state index contributed by atoms with van der Waals surface area (Å²) >= 11 is 6.95. The summed E-state index contributed by atoms with van der Waals surface area (Å²) in [5, 5.41) is 16.4. The lowest BCUT2D eigenvalue weighted by molar-refractivity contribution is 0.342. The average molecular weight is 560 g/mol. The number of benzene rings is 2. The van der Waals surface area contributed by atoms with Gasteiger partial charge in [-0.15, -0.1) is 5.10 Å². The predicted octanol–water partition coefficient (Wildman–Crippen LogP) is 6.26. The molecule has 6 nitrogen and oxygen atoms in total. The molecule has 0 radical (unpaired) electrons. The molecule has 0 saturated carbocycles. The highest BCUT2D eigenvalue weighted by molar-refractivity contribution is 9.10. The summed E-state index contributed by atoms with van der Waals surface area (Å²) in [6.45, 7) is 12.7. The number of aryl methyl sites for hydroxylation is 2. The maximum atomic E-state index is 4.22. The highest BCUT2D eigenvalue weighted by Gasteiger charge is 2.26. The van der Waals surface area contributed by atoms with Gasteiger partial charge in [-0.25, -0.2) is 4.68 Å². The molecule has 0 N–H and O–H groups in total. The van der Waals surface area contributed by atoms with Crippen molar-refractivity contribution in [1.82, 2.24) is 30.0 Å². The SMILES string of the molecule is Cc1cc(Br)ccc1C(C)(C)n1ccnn1.Cc1cc(Br)ccc1C(C)(C)n1nccn1. The summed E-state index contributed by atoms with van der Waals surface area (Å²) in [5.74, 6) is 0. The second kappa shape index (κ2) is 9.67. The van der Waals surface area contributed by atoms with Crippen LogP contribution in [0.4, 0.5) is 0 Å². The van der Waals surface area contributed by atoms with E-state index < -0.39 is 0 Å². The van der Waals surface area contributed by atoms with E-state index in [9.17, 15) is 0 Å². The van der Waals surface area contributed by atoms with E-state index in [0.29, 0.717) is 0 Å². The van der Waals surface area contributed by atoms with Gasteiger partial charge in [0, 0.05) is 15.1 Å². The van der Waals surface area contributed by atoms with Crippen LogP contribution in [0.15, 0.2) is 70.1 Å². The minimum absolute atomic E-state index is 0.179. The lowest BCUT2D eigenvalue weighted by Crippen LogP contribution is -2.30. The van der Waals surface area contributed by atoms with Crippen molar-refractivity contribution in [2.75, 3.05) is 0 Å². The molecule has 168 valence electrons. The van der Waals surface area contributed by atoms with Crippen molar-refractivity contribution in [2.24, 2.45) is 0 Å². The van der Waals surface area contributed by atoms with Gasteiger partial charge in [-0.05, 0) is 88.1 Å². The lowest BCUT2D eigenvalue weighted by Gasteiger charge is -2.27. The van der Waals surface area contributed by atoms with E-state index >= 15 is 0 Å². The monoisotopic (exact) mass is 558 g/mol. The van der Waals surface area contributed by atoms with Crippen LogP contribution >= 0.6 is 31.9 Å². The quantitative estimate of drug-likeness (QED) is 0.296. The maximum Gasteiger partial charge on any atom is 0.102 e. The van der Waals surface area contributed by atoms with Gasteiger partial charge >= 0.3 is 0 Å². The van der Waals surface area contributed by atoms with Gasteiger partial charge < -0.3 is 0 Å². The Labute approximate surface area is 206 Å². The van der Waals surface area contributed by atoms with Crippen LogP contribution in [0.25, 0.3) is 0 Å². The van der Waals surface area contributed by atoms with E-state index in [1.807, 2.05) is 16.9 Å². The van der Waals surface area contributed by atoms with E-state index in [0.717, 1.165) is 8.95 Å². The fraction of sp³-hybridized carbons (Fsp3) is 0.333. The maximum absolute atomic E-state index is 4.22. The molecular formula is C24H28Br2N6. The molecule has 0 aliphatic carbocycles. The first-order valence-electron chi connectivity index (χ1n) is 10.3. The van der Waals surface area contributed by atoms with E-state index in [1.165, 1.54) is 22.3 Å². The van der Waals surface area contributed by atoms with Gasteiger partial charge in [0.15, 0.2) is 0 Å². The molecule has 0 fully saturated rings.